The van der Waals surface area contributed by atoms with Gasteiger partial charge >= 0.3 is 17.9 Å². The first-order valence-electron chi connectivity index (χ1n) is 30.2. The molecule has 0 aliphatic carbocycles. The SMILES string of the molecule is CCC.CCC(C)C.CCC/C=S(\C)OS(C)(C)C(C)(CC)CCCOCCOC(=O)C(C/C=C/CCCCCCCCC)CC(=O)Oc1c(C(=O)OC)c2c(c3ccccc13)OC(c1ccc(OC)cc1)(c1ccc(OC)cc1)C=C2. The lowest BCUT2D eigenvalue weighted by Gasteiger charge is -2.48. The van der Waals surface area contributed by atoms with E-state index in [1.54, 1.807) is 26.4 Å². The Morgan fingerprint density at radius 2 is 1.32 bits per heavy atom. The van der Waals surface area contributed by atoms with Crippen molar-refractivity contribution in [3.8, 4) is 23.0 Å². The van der Waals surface area contributed by atoms with Crippen LogP contribution in [0.1, 0.15) is 199 Å². The summed E-state index contributed by atoms with van der Waals surface area (Å²) in [5, 5.41) is 3.35. The van der Waals surface area contributed by atoms with Gasteiger partial charge in [0.1, 0.15) is 29.4 Å². The van der Waals surface area contributed by atoms with Crippen molar-refractivity contribution < 1.29 is 51.2 Å². The Hall–Kier alpha value is -5.08. The van der Waals surface area contributed by atoms with Crippen molar-refractivity contribution in [3.63, 3.8) is 0 Å². The van der Waals surface area contributed by atoms with Crippen LogP contribution in [0.25, 0.3) is 16.8 Å². The zero-order valence-electron chi connectivity index (χ0n) is 52.9. The van der Waals surface area contributed by atoms with E-state index in [4.69, 9.17) is 36.8 Å². The summed E-state index contributed by atoms with van der Waals surface area (Å²) < 4.78 is 48.3. The zero-order chi connectivity index (χ0) is 60.6. The number of carbonyl (C=O) groups excluding carboxylic acids is 3. The summed E-state index contributed by atoms with van der Waals surface area (Å²) in [5.41, 5.74) is 0.855. The Balaban J connectivity index is 0.00000206. The van der Waals surface area contributed by atoms with Crippen molar-refractivity contribution in [1.29, 1.82) is 0 Å². The lowest BCUT2D eigenvalue weighted by Crippen LogP contribution is -2.35. The molecule has 13 heteroatoms. The molecule has 82 heavy (non-hydrogen) atoms. The normalized spacial score (nSPS) is 14.3. The Bertz CT molecular complexity index is 2550. The van der Waals surface area contributed by atoms with Gasteiger partial charge in [0.15, 0.2) is 11.4 Å². The molecule has 0 saturated carbocycles. The fourth-order valence-corrected chi connectivity index (χ4v) is 14.2. The first-order valence-corrected chi connectivity index (χ1v) is 34.2. The number of carbonyl (C=O) groups is 3. The van der Waals surface area contributed by atoms with Gasteiger partial charge in [0.2, 0.25) is 0 Å². The second-order valence-electron chi connectivity index (χ2n) is 22.1. The smallest absolute Gasteiger partial charge is 0.342 e. The zero-order valence-corrected chi connectivity index (χ0v) is 54.6. The van der Waals surface area contributed by atoms with E-state index in [9.17, 15) is 14.4 Å². The van der Waals surface area contributed by atoms with Gasteiger partial charge in [-0.1, -0.05) is 185 Å². The van der Waals surface area contributed by atoms with Crippen LogP contribution in [0.3, 0.4) is 0 Å². The van der Waals surface area contributed by atoms with Gasteiger partial charge in [-0.3, -0.25) is 13.2 Å². The van der Waals surface area contributed by atoms with Gasteiger partial charge in [-0.2, -0.15) is 0 Å². The van der Waals surface area contributed by atoms with Crippen molar-refractivity contribution in [2.75, 3.05) is 59.9 Å². The highest BCUT2D eigenvalue weighted by molar-refractivity contribution is 8.35. The summed E-state index contributed by atoms with van der Waals surface area (Å²) >= 11 is 0. The first-order chi connectivity index (χ1) is 39.4. The standard InChI is InChI=1S/C61H84O11S2.C5H12.C3H8/c1-11-14-16-17-18-19-20-21-22-23-27-46(58(63)69-43-42-68-41-26-39-60(4,13-3)74(9,10)72-73(8)44-15-12-2)45-54(62)70-57-52-29-25-24-28-51(52)56-53(55(57)59(64)67-7)38-40-61(71-56,47-30-34-49(65-5)35-31-47)48-32-36-50(66-6)37-33-48;1-4-5(2)3;1-3-2/h22-25,28-38,40,44,46H,11-21,26-27,39,41-43,45H2,1-10H3;5H,4H2,1-3H3;3H2,1-2H3/b23-22+;;. The molecule has 0 bridgehead atoms. The Labute approximate surface area is 499 Å². The molecule has 0 radical (unpaired) electrons. The maximum Gasteiger partial charge on any atom is 0.342 e. The predicted molar refractivity (Wildman–Crippen MR) is 348 cm³/mol. The summed E-state index contributed by atoms with van der Waals surface area (Å²) in [6.07, 6.45) is 31.3. The van der Waals surface area contributed by atoms with Crippen LogP contribution in [0.5, 0.6) is 23.0 Å². The number of rotatable bonds is 33. The Kier molecular flexibility index (Phi) is 33.0. The monoisotopic (exact) mass is 1170 g/mol. The molecule has 0 fully saturated rings. The molecule has 0 saturated heterocycles. The summed E-state index contributed by atoms with van der Waals surface area (Å²) in [5.74, 6) is -0.116. The molecule has 458 valence electrons. The molecular formula is C69H104O11S2. The third-order valence-corrected chi connectivity index (χ3v) is 20.8. The Morgan fingerprint density at radius 3 is 1.87 bits per heavy atom. The van der Waals surface area contributed by atoms with Gasteiger partial charge in [-0.05, 0) is 112 Å². The van der Waals surface area contributed by atoms with E-state index >= 15 is 0 Å². The molecule has 1 aliphatic rings. The van der Waals surface area contributed by atoms with Crippen LogP contribution in [-0.2, 0) is 33.0 Å². The van der Waals surface area contributed by atoms with E-state index in [0.717, 1.165) is 68.4 Å². The molecule has 4 aromatic rings. The summed E-state index contributed by atoms with van der Waals surface area (Å²) in [6, 6.07) is 22.5. The third kappa shape index (κ3) is 21.8. The minimum atomic E-state index is -1.35. The number of ether oxygens (including phenoxy) is 7. The number of hydrogen-bond donors (Lipinski definition) is 0. The topological polar surface area (TPSA) is 125 Å². The van der Waals surface area contributed by atoms with Gasteiger partial charge < -0.3 is 33.2 Å². The molecule has 5 rings (SSSR count). The van der Waals surface area contributed by atoms with Crippen molar-refractivity contribution >= 4 is 61.2 Å². The lowest BCUT2D eigenvalue weighted by molar-refractivity contribution is -0.153. The minimum Gasteiger partial charge on any atom is -0.497 e. The van der Waals surface area contributed by atoms with Crippen LogP contribution in [0, 0.1) is 11.8 Å². The van der Waals surface area contributed by atoms with Gasteiger partial charge in [-0.25, -0.2) is 4.79 Å². The molecule has 0 amide bonds. The van der Waals surface area contributed by atoms with Crippen molar-refractivity contribution in [3.05, 3.63) is 113 Å². The number of unbranched alkanes of at least 4 members (excludes halogenated alkanes) is 8. The van der Waals surface area contributed by atoms with Crippen molar-refractivity contribution in [2.45, 2.75) is 182 Å². The Morgan fingerprint density at radius 1 is 0.732 bits per heavy atom. The van der Waals surface area contributed by atoms with Gasteiger partial charge in [0.05, 0.1) is 40.3 Å². The van der Waals surface area contributed by atoms with Crippen LogP contribution in [0.15, 0.2) is 91.0 Å². The average molecular weight is 1170 g/mol. The second-order valence-corrected chi connectivity index (χ2v) is 27.4. The number of esters is 3. The van der Waals surface area contributed by atoms with E-state index in [-0.39, 0.29) is 52.9 Å². The quantitative estimate of drug-likeness (QED) is 0.0149. The number of benzene rings is 4. The molecule has 0 N–H and O–H groups in total. The predicted octanol–water partition coefficient (Wildman–Crippen LogP) is 18.4. The van der Waals surface area contributed by atoms with Crippen molar-refractivity contribution in [2.24, 2.45) is 11.8 Å². The molecule has 11 nitrogen and oxygen atoms in total. The first kappa shape index (κ1) is 71.2. The lowest BCUT2D eigenvalue weighted by atomic mass is 9.82. The van der Waals surface area contributed by atoms with Crippen LogP contribution in [-0.4, -0.2) is 87.9 Å². The molecule has 0 spiro atoms. The summed E-state index contributed by atoms with van der Waals surface area (Å²) in [6.45, 7) is 20.7. The van der Waals surface area contributed by atoms with E-state index in [0.29, 0.717) is 40.2 Å². The summed E-state index contributed by atoms with van der Waals surface area (Å²) in [4.78, 5) is 42.2. The van der Waals surface area contributed by atoms with Gasteiger partial charge in [0.25, 0.3) is 0 Å². The van der Waals surface area contributed by atoms with Crippen LogP contribution in [0.4, 0.5) is 0 Å². The molecule has 3 atom stereocenters. The maximum absolute atomic E-state index is 14.3. The highest BCUT2D eigenvalue weighted by Crippen LogP contribution is 2.61. The van der Waals surface area contributed by atoms with Crippen molar-refractivity contribution in [1.82, 2.24) is 0 Å². The van der Waals surface area contributed by atoms with E-state index in [1.165, 1.54) is 52.1 Å². The van der Waals surface area contributed by atoms with Crippen LogP contribution >= 0.6 is 21.1 Å². The molecule has 1 heterocycles. The van der Waals surface area contributed by atoms with E-state index in [1.807, 2.05) is 78.9 Å². The van der Waals surface area contributed by atoms with E-state index in [2.05, 4.69) is 92.5 Å². The molecule has 4 aromatic carbocycles. The number of hydrogen-bond acceptors (Lipinski definition) is 11. The number of fused-ring (bicyclic) bond motifs is 3. The second kappa shape index (κ2) is 38.0. The molecule has 1 aliphatic heterocycles. The fourth-order valence-electron chi connectivity index (χ4n) is 9.24. The van der Waals surface area contributed by atoms with Gasteiger partial charge in [0, 0.05) is 45.1 Å². The minimum absolute atomic E-state index is 0.0151. The third-order valence-electron chi connectivity index (χ3n) is 15.0. The fraction of sp³-hybridized carbons (Fsp3) is 0.565. The summed E-state index contributed by atoms with van der Waals surface area (Å²) in [7, 11) is 2.98. The van der Waals surface area contributed by atoms with Crippen LogP contribution < -0.4 is 18.9 Å². The molecule has 3 unspecified atom stereocenters. The highest BCUT2D eigenvalue weighted by atomic mass is 32.3. The molecule has 0 aromatic heterocycles. The molecular weight excluding hydrogens is 1070 g/mol. The number of allylic oxidation sites excluding steroid dienone is 2. The van der Waals surface area contributed by atoms with Crippen LogP contribution in [0.2, 0.25) is 0 Å². The largest absolute Gasteiger partial charge is 0.497 e. The van der Waals surface area contributed by atoms with Gasteiger partial charge in [-0.15, -0.1) is 10.3 Å². The highest BCUT2D eigenvalue weighted by Gasteiger charge is 2.41. The maximum atomic E-state index is 14.3. The number of methoxy groups -OCH3 is 3. The average Bonchev–Trinajstić information content (AvgIpc) is 3.60. The van der Waals surface area contributed by atoms with E-state index < -0.39 is 39.7 Å².